The lowest BCUT2D eigenvalue weighted by Gasteiger charge is -1.92. The van der Waals surface area contributed by atoms with Crippen LogP contribution in [-0.2, 0) is 9.53 Å². The van der Waals surface area contributed by atoms with Crippen LogP contribution in [0.1, 0.15) is 0 Å². The summed E-state index contributed by atoms with van der Waals surface area (Å²) in [7, 11) is 0. The molecule has 9 heavy (non-hydrogen) atoms. The van der Waals surface area contributed by atoms with Crippen LogP contribution in [0.15, 0.2) is 24.1 Å². The Hall–Kier alpha value is -0.700. The average Bonchev–Trinajstić information content (AvgIpc) is 1.89. The van der Waals surface area contributed by atoms with Crippen LogP contribution < -0.4 is 0 Å². The van der Waals surface area contributed by atoms with Crippen LogP contribution in [0, 0.1) is 0 Å². The maximum atomic E-state index is 10.3. The molecule has 0 amide bonds. The van der Waals surface area contributed by atoms with Crippen molar-refractivity contribution in [2.24, 2.45) is 0 Å². The number of hydrogen-bond acceptors (Lipinski definition) is 3. The number of carbonyl (C=O) groups excluding carboxylic acids is 1. The molecule has 0 aliphatic heterocycles. The van der Waals surface area contributed by atoms with Crippen LogP contribution in [0.25, 0.3) is 0 Å². The summed E-state index contributed by atoms with van der Waals surface area (Å²) in [4.78, 5) is 10.3. The molecule has 0 bridgehead atoms. The molecule has 0 heterocycles. The topological polar surface area (TPSA) is 26.3 Å². The number of ether oxygens (including phenoxy) is 1. The van der Waals surface area contributed by atoms with Crippen molar-refractivity contribution in [1.29, 1.82) is 0 Å². The summed E-state index contributed by atoms with van der Waals surface area (Å²) in [6.45, 7) is 3.48. The molecule has 0 aliphatic rings. The van der Waals surface area contributed by atoms with Crippen molar-refractivity contribution in [1.82, 2.24) is 0 Å². The van der Waals surface area contributed by atoms with Gasteiger partial charge >= 0.3 is 5.97 Å². The van der Waals surface area contributed by atoms with Crippen molar-refractivity contribution in [3.8, 4) is 0 Å². The first-order valence-electron chi connectivity index (χ1n) is 2.39. The average molecular weight is 144 g/mol. The van der Waals surface area contributed by atoms with Crippen LogP contribution in [-0.4, -0.2) is 12.6 Å². The quantitative estimate of drug-likeness (QED) is 0.365. The zero-order valence-corrected chi connectivity index (χ0v) is 5.80. The zero-order valence-electron chi connectivity index (χ0n) is 4.91. The van der Waals surface area contributed by atoms with E-state index in [0.29, 0.717) is 0 Å². The molecule has 0 aromatic carbocycles. The van der Waals surface area contributed by atoms with E-state index in [4.69, 9.17) is 0 Å². The minimum Gasteiger partial charge on any atom is -0.458 e. The first-order valence-corrected chi connectivity index (χ1v) is 2.91. The molecule has 0 radical (unpaired) electrons. The molecular weight excluding hydrogens is 136 g/mol. The Morgan fingerprint density at radius 1 is 1.78 bits per heavy atom. The van der Waals surface area contributed by atoms with Gasteiger partial charge in [-0.25, -0.2) is 4.79 Å². The Bertz CT molecular complexity index is 129. The van der Waals surface area contributed by atoms with Gasteiger partial charge in [0.05, 0.1) is 0 Å². The number of carbonyl (C=O) groups is 1. The Morgan fingerprint density at radius 2 is 2.44 bits per heavy atom. The Morgan fingerprint density at radius 3 is 2.89 bits per heavy atom. The molecule has 0 aromatic rings. The van der Waals surface area contributed by atoms with Crippen LogP contribution in [0.2, 0.25) is 0 Å². The third-order valence-electron chi connectivity index (χ3n) is 0.594. The predicted molar refractivity (Wildman–Crippen MR) is 39.3 cm³/mol. The summed E-state index contributed by atoms with van der Waals surface area (Å²) in [5.74, 6) is -0.415. The van der Waals surface area contributed by atoms with E-state index in [1.54, 1.807) is 6.08 Å². The van der Waals surface area contributed by atoms with Gasteiger partial charge in [0, 0.05) is 6.08 Å². The highest BCUT2D eigenvalue weighted by molar-refractivity contribution is 7.83. The highest BCUT2D eigenvalue weighted by atomic mass is 32.1. The molecule has 0 aliphatic carbocycles. The highest BCUT2D eigenvalue weighted by Crippen LogP contribution is 1.81. The van der Waals surface area contributed by atoms with Gasteiger partial charge in [-0.15, -0.1) is 0 Å². The third-order valence-corrected chi connectivity index (χ3v) is 0.805. The van der Waals surface area contributed by atoms with Gasteiger partial charge in [0.15, 0.2) is 0 Å². The number of thiol groups is 1. The molecule has 0 N–H and O–H groups in total. The first kappa shape index (κ1) is 8.30. The van der Waals surface area contributed by atoms with Gasteiger partial charge in [0.2, 0.25) is 0 Å². The summed E-state index contributed by atoms with van der Waals surface area (Å²) >= 11 is 3.75. The largest absolute Gasteiger partial charge is 0.458 e. The van der Waals surface area contributed by atoms with Crippen molar-refractivity contribution in [2.75, 3.05) is 6.61 Å². The van der Waals surface area contributed by atoms with Crippen molar-refractivity contribution >= 4 is 18.6 Å². The summed E-state index contributed by atoms with van der Waals surface area (Å²) in [6.07, 6.45) is 2.73. The number of rotatable bonds is 3. The molecule has 0 atom stereocenters. The van der Waals surface area contributed by atoms with Gasteiger partial charge in [-0.2, -0.15) is 12.6 Å². The Balaban J connectivity index is 3.27. The van der Waals surface area contributed by atoms with Crippen LogP contribution >= 0.6 is 12.6 Å². The molecule has 0 saturated carbocycles. The van der Waals surface area contributed by atoms with Gasteiger partial charge in [-0.05, 0) is 11.5 Å². The van der Waals surface area contributed by atoms with Gasteiger partial charge < -0.3 is 4.74 Å². The molecule has 0 saturated heterocycles. The SMILES string of the molecule is C=CC(=O)OC/C=C/S. The van der Waals surface area contributed by atoms with E-state index in [9.17, 15) is 4.79 Å². The highest BCUT2D eigenvalue weighted by Gasteiger charge is 1.88. The zero-order chi connectivity index (χ0) is 7.11. The van der Waals surface area contributed by atoms with Gasteiger partial charge in [0.25, 0.3) is 0 Å². The van der Waals surface area contributed by atoms with Crippen LogP contribution in [0.3, 0.4) is 0 Å². The van der Waals surface area contributed by atoms with Crippen LogP contribution in [0.5, 0.6) is 0 Å². The molecule has 0 aromatic heterocycles. The van der Waals surface area contributed by atoms with E-state index in [0.717, 1.165) is 6.08 Å². The molecule has 0 unspecified atom stereocenters. The molecule has 0 fully saturated rings. The summed E-state index contributed by atoms with van der Waals surface area (Å²) in [6, 6.07) is 0. The number of hydrogen-bond donors (Lipinski definition) is 1. The molecule has 2 nitrogen and oxygen atoms in total. The van der Waals surface area contributed by atoms with Crippen molar-refractivity contribution in [3.63, 3.8) is 0 Å². The summed E-state index contributed by atoms with van der Waals surface area (Å²) < 4.78 is 4.54. The Kier molecular flexibility index (Phi) is 5.01. The molecule has 0 rings (SSSR count). The summed E-state index contributed by atoms with van der Waals surface area (Å²) in [5.41, 5.74) is 0. The monoisotopic (exact) mass is 144 g/mol. The van der Waals surface area contributed by atoms with Gasteiger partial charge in [-0.3, -0.25) is 0 Å². The molecule has 3 heteroatoms. The van der Waals surface area contributed by atoms with Gasteiger partial charge in [-0.1, -0.05) is 6.58 Å². The lowest BCUT2D eigenvalue weighted by molar-refractivity contribution is -0.136. The second-order valence-electron chi connectivity index (χ2n) is 1.22. The normalized spacial score (nSPS) is 9.44. The third kappa shape index (κ3) is 5.17. The van der Waals surface area contributed by atoms with Crippen molar-refractivity contribution < 1.29 is 9.53 Å². The van der Waals surface area contributed by atoms with E-state index in [2.05, 4.69) is 23.9 Å². The lowest BCUT2D eigenvalue weighted by atomic mass is 10.6. The molecule has 50 valence electrons. The fraction of sp³-hybridized carbons (Fsp3) is 0.167. The minimum absolute atomic E-state index is 0.258. The summed E-state index contributed by atoms with van der Waals surface area (Å²) in [5, 5.41) is 1.51. The predicted octanol–water partition coefficient (Wildman–Crippen LogP) is 1.16. The molecule has 0 spiro atoms. The second-order valence-corrected chi connectivity index (χ2v) is 1.52. The molecular formula is C6H8O2S. The van der Waals surface area contributed by atoms with Crippen LogP contribution in [0.4, 0.5) is 0 Å². The minimum atomic E-state index is -0.415. The van der Waals surface area contributed by atoms with Crippen molar-refractivity contribution in [3.05, 3.63) is 24.1 Å². The fourth-order valence-corrected chi connectivity index (χ4v) is 0.318. The smallest absolute Gasteiger partial charge is 0.330 e. The maximum absolute atomic E-state index is 10.3. The second kappa shape index (κ2) is 5.44. The Labute approximate surface area is 59.6 Å². The standard InChI is InChI=1S/C6H8O2S/c1-2-6(7)8-4-3-5-9/h2-3,5,9H,1,4H2/b5-3+. The van der Waals surface area contributed by atoms with E-state index >= 15 is 0 Å². The fourth-order valence-electron chi connectivity index (χ4n) is 0.232. The van der Waals surface area contributed by atoms with E-state index < -0.39 is 5.97 Å². The van der Waals surface area contributed by atoms with E-state index in [1.807, 2.05) is 0 Å². The van der Waals surface area contributed by atoms with E-state index in [1.165, 1.54) is 5.41 Å². The van der Waals surface area contributed by atoms with Crippen molar-refractivity contribution in [2.45, 2.75) is 0 Å². The van der Waals surface area contributed by atoms with Gasteiger partial charge in [0.1, 0.15) is 6.61 Å². The number of esters is 1. The lowest BCUT2D eigenvalue weighted by Crippen LogP contribution is -1.98. The van der Waals surface area contributed by atoms with E-state index in [-0.39, 0.29) is 6.61 Å². The first-order chi connectivity index (χ1) is 4.31. The maximum Gasteiger partial charge on any atom is 0.330 e.